The van der Waals surface area contributed by atoms with Crippen molar-refractivity contribution >= 4 is 21.6 Å². The number of rotatable bonds is 5. The van der Waals surface area contributed by atoms with Crippen molar-refractivity contribution in [3.8, 4) is 5.75 Å². The molecule has 3 rings (SSSR count). The Hall–Kier alpha value is -2.59. The minimum Gasteiger partial charge on any atom is -0.405 e. The van der Waals surface area contributed by atoms with Crippen LogP contribution >= 0.6 is 0 Å². The Balaban J connectivity index is 1.78. The number of carbonyl (C=O) groups is 1. The predicted molar refractivity (Wildman–Crippen MR) is 95.3 cm³/mol. The average Bonchev–Trinajstić information content (AvgIpc) is 3.03. The topological polar surface area (TPSA) is 75.7 Å². The summed E-state index contributed by atoms with van der Waals surface area (Å²) in [6.45, 7) is 1.54. The van der Waals surface area contributed by atoms with Crippen molar-refractivity contribution in [3.63, 3.8) is 0 Å². The first-order valence-corrected chi connectivity index (χ1v) is 9.79. The minimum absolute atomic E-state index is 0.0223. The summed E-state index contributed by atoms with van der Waals surface area (Å²) in [7, 11) is -3.97. The molecule has 6 nitrogen and oxygen atoms in total. The van der Waals surface area contributed by atoms with E-state index in [-0.39, 0.29) is 22.9 Å². The van der Waals surface area contributed by atoms with E-state index in [2.05, 4.69) is 9.46 Å². The van der Waals surface area contributed by atoms with E-state index in [1.165, 1.54) is 37.3 Å². The normalized spacial score (nSPS) is 14.1. The summed E-state index contributed by atoms with van der Waals surface area (Å²) in [6.07, 6.45) is -4.35. The first-order valence-electron chi connectivity index (χ1n) is 8.31. The number of carbonyl (C=O) groups excluding carboxylic acids is 1. The molecule has 0 aromatic heterocycles. The molecule has 1 amide bonds. The number of nitrogens with one attached hydrogen (secondary N) is 1. The number of sulfonamides is 1. The van der Waals surface area contributed by atoms with Gasteiger partial charge in [-0.2, -0.15) is 0 Å². The van der Waals surface area contributed by atoms with Crippen molar-refractivity contribution in [3.05, 3.63) is 53.6 Å². The molecule has 10 heteroatoms. The molecule has 1 N–H and O–H groups in total. The van der Waals surface area contributed by atoms with Gasteiger partial charge in [-0.1, -0.05) is 18.2 Å². The number of hydrogen-bond acceptors (Lipinski definition) is 4. The minimum atomic E-state index is -4.88. The Morgan fingerprint density at radius 1 is 1.21 bits per heavy atom. The Bertz CT molecular complexity index is 1010. The van der Waals surface area contributed by atoms with Gasteiger partial charge in [-0.15, -0.1) is 13.2 Å². The summed E-state index contributed by atoms with van der Waals surface area (Å²) >= 11 is 0. The van der Waals surface area contributed by atoms with E-state index in [4.69, 9.17) is 0 Å². The molecule has 0 saturated carbocycles. The Labute approximate surface area is 160 Å². The van der Waals surface area contributed by atoms with E-state index in [0.717, 1.165) is 11.6 Å². The highest BCUT2D eigenvalue weighted by atomic mass is 32.2. The van der Waals surface area contributed by atoms with Crippen molar-refractivity contribution < 1.29 is 31.1 Å². The van der Waals surface area contributed by atoms with Crippen molar-refractivity contribution in [2.45, 2.75) is 31.1 Å². The molecule has 0 bridgehead atoms. The SMILES string of the molecule is CC(=O)N1CCc2cc(S(=O)(=O)NCc3ccccc3OC(F)(F)F)ccc21. The highest BCUT2D eigenvalue weighted by molar-refractivity contribution is 7.89. The lowest BCUT2D eigenvalue weighted by Crippen LogP contribution is -2.26. The summed E-state index contributed by atoms with van der Waals surface area (Å²) in [5, 5.41) is 0. The van der Waals surface area contributed by atoms with Crippen LogP contribution in [0.2, 0.25) is 0 Å². The lowest BCUT2D eigenvalue weighted by Gasteiger charge is -2.15. The van der Waals surface area contributed by atoms with Crippen LogP contribution in [0.15, 0.2) is 47.4 Å². The third-order valence-electron chi connectivity index (χ3n) is 4.29. The second-order valence-electron chi connectivity index (χ2n) is 6.19. The van der Waals surface area contributed by atoms with E-state index in [1.807, 2.05) is 0 Å². The maximum atomic E-state index is 12.6. The third-order valence-corrected chi connectivity index (χ3v) is 5.69. The van der Waals surface area contributed by atoms with Crippen LogP contribution in [-0.2, 0) is 27.8 Å². The molecule has 1 heterocycles. The van der Waals surface area contributed by atoms with Crippen molar-refractivity contribution in [1.82, 2.24) is 4.72 Å². The molecule has 0 atom stereocenters. The van der Waals surface area contributed by atoms with Gasteiger partial charge >= 0.3 is 6.36 Å². The summed E-state index contributed by atoms with van der Waals surface area (Å²) in [5.41, 5.74) is 1.43. The van der Waals surface area contributed by atoms with E-state index in [0.29, 0.717) is 18.7 Å². The number of anilines is 1. The molecule has 0 spiro atoms. The molecule has 1 aliphatic heterocycles. The molecule has 2 aromatic rings. The molecule has 150 valence electrons. The molecule has 0 saturated heterocycles. The van der Waals surface area contributed by atoms with E-state index < -0.39 is 22.1 Å². The largest absolute Gasteiger partial charge is 0.573 e. The Morgan fingerprint density at radius 2 is 1.93 bits per heavy atom. The zero-order valence-corrected chi connectivity index (χ0v) is 15.6. The molecule has 2 aromatic carbocycles. The van der Waals surface area contributed by atoms with E-state index in [9.17, 15) is 26.4 Å². The van der Waals surface area contributed by atoms with Gasteiger partial charge < -0.3 is 9.64 Å². The molecule has 0 aliphatic carbocycles. The molecule has 0 fully saturated rings. The Kier molecular flexibility index (Phi) is 5.35. The second kappa shape index (κ2) is 7.44. The first-order chi connectivity index (χ1) is 13.1. The number of hydrogen-bond donors (Lipinski definition) is 1. The fraction of sp³-hybridized carbons (Fsp3) is 0.278. The standard InChI is InChI=1S/C18H17F3N2O4S/c1-12(24)23-9-8-13-10-15(6-7-16(13)23)28(25,26)22-11-14-4-2-3-5-17(14)27-18(19,20)21/h2-7,10,22H,8-9,11H2,1H3. The molecule has 0 unspecified atom stereocenters. The highest BCUT2D eigenvalue weighted by Crippen LogP contribution is 2.30. The molecular weight excluding hydrogens is 397 g/mol. The van der Waals surface area contributed by atoms with Gasteiger partial charge in [0.2, 0.25) is 15.9 Å². The van der Waals surface area contributed by atoms with Crippen molar-refractivity contribution in [2.24, 2.45) is 0 Å². The smallest absolute Gasteiger partial charge is 0.405 e. The van der Waals surface area contributed by atoms with Crippen molar-refractivity contribution in [1.29, 1.82) is 0 Å². The maximum absolute atomic E-state index is 12.6. The summed E-state index contributed by atoms with van der Waals surface area (Å²) in [4.78, 5) is 13.1. The Morgan fingerprint density at radius 3 is 2.61 bits per heavy atom. The van der Waals surface area contributed by atoms with Crippen LogP contribution in [0.25, 0.3) is 0 Å². The number of ether oxygens (including phenoxy) is 1. The van der Waals surface area contributed by atoms with E-state index >= 15 is 0 Å². The van der Waals surface area contributed by atoms with Gasteiger partial charge in [0.25, 0.3) is 0 Å². The number of amides is 1. The van der Waals surface area contributed by atoms with E-state index in [1.54, 1.807) is 11.0 Å². The fourth-order valence-corrected chi connectivity index (χ4v) is 4.06. The van der Waals surface area contributed by atoms with Gasteiger partial charge in [0.15, 0.2) is 0 Å². The highest BCUT2D eigenvalue weighted by Gasteiger charge is 2.32. The van der Waals surface area contributed by atoms with Crippen LogP contribution in [0.3, 0.4) is 0 Å². The predicted octanol–water partition coefficient (Wildman–Crippen LogP) is 2.97. The number of alkyl halides is 3. The number of halogens is 3. The number of fused-ring (bicyclic) bond motifs is 1. The fourth-order valence-electron chi connectivity index (χ4n) is 3.00. The van der Waals surface area contributed by atoms with Crippen LogP contribution in [0, 0.1) is 0 Å². The van der Waals surface area contributed by atoms with Crippen LogP contribution in [0.4, 0.5) is 18.9 Å². The number of para-hydroxylation sites is 1. The lowest BCUT2D eigenvalue weighted by atomic mass is 10.2. The second-order valence-corrected chi connectivity index (χ2v) is 7.96. The number of nitrogens with zero attached hydrogens (tertiary/aromatic N) is 1. The average molecular weight is 414 g/mol. The molecule has 1 aliphatic rings. The van der Waals surface area contributed by atoms with Crippen LogP contribution < -0.4 is 14.4 Å². The van der Waals surface area contributed by atoms with Crippen molar-refractivity contribution in [2.75, 3.05) is 11.4 Å². The van der Waals surface area contributed by atoms with Gasteiger partial charge in [-0.25, -0.2) is 13.1 Å². The van der Waals surface area contributed by atoms with Gasteiger partial charge in [0.05, 0.1) is 4.90 Å². The van der Waals surface area contributed by atoms with Gasteiger partial charge in [-0.3, -0.25) is 4.79 Å². The molecular formula is C18H17F3N2O4S. The monoisotopic (exact) mass is 414 g/mol. The maximum Gasteiger partial charge on any atom is 0.573 e. The van der Waals surface area contributed by atoms with Crippen LogP contribution in [-0.4, -0.2) is 27.2 Å². The van der Waals surface area contributed by atoms with Crippen LogP contribution in [0.5, 0.6) is 5.75 Å². The lowest BCUT2D eigenvalue weighted by molar-refractivity contribution is -0.274. The van der Waals surface area contributed by atoms with Gasteiger partial charge in [0, 0.05) is 31.3 Å². The third kappa shape index (κ3) is 4.45. The summed E-state index contributed by atoms with van der Waals surface area (Å²) in [5.74, 6) is -0.600. The first kappa shape index (κ1) is 20.2. The quantitative estimate of drug-likeness (QED) is 0.816. The summed E-state index contributed by atoms with van der Waals surface area (Å²) < 4.78 is 68.8. The van der Waals surface area contributed by atoms with Gasteiger partial charge in [0.1, 0.15) is 5.75 Å². The van der Waals surface area contributed by atoms with Crippen LogP contribution in [0.1, 0.15) is 18.1 Å². The van der Waals surface area contributed by atoms with Gasteiger partial charge in [-0.05, 0) is 36.2 Å². The molecule has 0 radical (unpaired) electrons. The number of benzene rings is 2. The molecule has 28 heavy (non-hydrogen) atoms. The zero-order valence-electron chi connectivity index (χ0n) is 14.8. The summed E-state index contributed by atoms with van der Waals surface area (Å²) in [6, 6.07) is 9.69. The zero-order chi connectivity index (χ0) is 20.5.